The molecule has 1 aromatic carbocycles. The molecule has 0 heterocycles. The summed E-state index contributed by atoms with van der Waals surface area (Å²) in [5.41, 5.74) is 12.8. The van der Waals surface area contributed by atoms with Crippen LogP contribution in [0.4, 0.5) is 5.69 Å². The quantitative estimate of drug-likeness (QED) is 0.412. The van der Waals surface area contributed by atoms with Crippen LogP contribution in [0.3, 0.4) is 0 Å². The van der Waals surface area contributed by atoms with E-state index in [0.717, 1.165) is 22.2 Å². The summed E-state index contributed by atoms with van der Waals surface area (Å²) >= 11 is 0. The van der Waals surface area contributed by atoms with Gasteiger partial charge in [-0.2, -0.15) is 0 Å². The molecule has 0 aromatic heterocycles. The standard InChI is InChI=1S/C10H16N2OSi/c11-8-3-1-7(2-4-8)9(13)5-6-10(12)14/h1-4,10H,5-6,11-12H2,14H3. The Hall–Kier alpha value is -1.13. The van der Waals surface area contributed by atoms with Gasteiger partial charge in [0, 0.05) is 27.9 Å². The van der Waals surface area contributed by atoms with E-state index in [0.29, 0.717) is 12.1 Å². The lowest BCUT2D eigenvalue weighted by Crippen LogP contribution is -2.20. The average molecular weight is 208 g/mol. The van der Waals surface area contributed by atoms with Gasteiger partial charge >= 0.3 is 0 Å². The summed E-state index contributed by atoms with van der Waals surface area (Å²) < 4.78 is 0. The van der Waals surface area contributed by atoms with Gasteiger partial charge in [0.05, 0.1) is 0 Å². The van der Waals surface area contributed by atoms with Crippen molar-refractivity contribution in [2.75, 3.05) is 5.73 Å². The Bertz CT molecular complexity index is 308. The normalized spacial score (nSPS) is 12.6. The minimum atomic E-state index is 0.149. The van der Waals surface area contributed by atoms with E-state index in [-0.39, 0.29) is 11.4 Å². The number of carbonyl (C=O) groups excluding carboxylic acids is 1. The molecule has 3 nitrogen and oxygen atoms in total. The maximum Gasteiger partial charge on any atom is 0.162 e. The van der Waals surface area contributed by atoms with Gasteiger partial charge in [-0.3, -0.25) is 4.79 Å². The van der Waals surface area contributed by atoms with Crippen molar-refractivity contribution < 1.29 is 4.79 Å². The summed E-state index contributed by atoms with van der Waals surface area (Å²) in [5, 5.41) is 0. The van der Waals surface area contributed by atoms with Crippen LogP contribution in [0.5, 0.6) is 0 Å². The average Bonchev–Trinajstić information content (AvgIpc) is 2.15. The molecule has 0 fully saturated rings. The van der Waals surface area contributed by atoms with E-state index in [4.69, 9.17) is 11.5 Å². The molecular weight excluding hydrogens is 192 g/mol. The van der Waals surface area contributed by atoms with Gasteiger partial charge in [-0.15, -0.1) is 0 Å². The van der Waals surface area contributed by atoms with Crippen molar-refractivity contribution >= 4 is 21.7 Å². The van der Waals surface area contributed by atoms with Crippen molar-refractivity contribution in [1.82, 2.24) is 0 Å². The van der Waals surface area contributed by atoms with E-state index >= 15 is 0 Å². The number of hydrogen-bond donors (Lipinski definition) is 2. The molecule has 0 aliphatic heterocycles. The Labute approximate surface area is 86.9 Å². The van der Waals surface area contributed by atoms with Gasteiger partial charge in [-0.05, 0) is 36.4 Å². The fraction of sp³-hybridized carbons (Fsp3) is 0.300. The number of carbonyl (C=O) groups is 1. The minimum absolute atomic E-state index is 0.149. The molecule has 1 aromatic rings. The van der Waals surface area contributed by atoms with Crippen molar-refractivity contribution in [3.8, 4) is 0 Å². The van der Waals surface area contributed by atoms with Gasteiger partial charge in [0.2, 0.25) is 0 Å². The van der Waals surface area contributed by atoms with Crippen LogP contribution in [0.1, 0.15) is 23.2 Å². The molecule has 0 spiro atoms. The highest BCUT2D eigenvalue weighted by Gasteiger charge is 2.06. The summed E-state index contributed by atoms with van der Waals surface area (Å²) in [6, 6.07) is 7.01. The molecule has 0 bridgehead atoms. The van der Waals surface area contributed by atoms with Gasteiger partial charge in [-0.25, -0.2) is 0 Å². The third-order valence-corrected chi connectivity index (χ3v) is 2.64. The van der Waals surface area contributed by atoms with E-state index in [1.54, 1.807) is 24.3 Å². The van der Waals surface area contributed by atoms with Crippen LogP contribution >= 0.6 is 0 Å². The number of rotatable bonds is 4. The zero-order valence-electron chi connectivity index (χ0n) is 8.36. The summed E-state index contributed by atoms with van der Waals surface area (Å²) in [6.07, 6.45) is 1.32. The van der Waals surface area contributed by atoms with E-state index < -0.39 is 0 Å². The second-order valence-electron chi connectivity index (χ2n) is 3.56. The van der Waals surface area contributed by atoms with Crippen molar-refractivity contribution in [2.45, 2.75) is 18.5 Å². The summed E-state index contributed by atoms with van der Waals surface area (Å²) in [6.45, 7) is 0. The molecule has 0 radical (unpaired) electrons. The minimum Gasteiger partial charge on any atom is -0.399 e. The predicted molar refractivity (Wildman–Crippen MR) is 62.3 cm³/mol. The van der Waals surface area contributed by atoms with Crippen LogP contribution in [-0.2, 0) is 0 Å². The van der Waals surface area contributed by atoms with E-state index in [9.17, 15) is 4.79 Å². The second kappa shape index (κ2) is 4.93. The molecule has 4 N–H and O–H groups in total. The highest BCUT2D eigenvalue weighted by Crippen LogP contribution is 2.09. The Kier molecular flexibility index (Phi) is 3.85. The van der Waals surface area contributed by atoms with Crippen LogP contribution in [-0.4, -0.2) is 21.7 Å². The highest BCUT2D eigenvalue weighted by molar-refractivity contribution is 6.11. The summed E-state index contributed by atoms with van der Waals surface area (Å²) in [5.74, 6) is 0.149. The Balaban J connectivity index is 2.57. The first-order valence-corrected chi connectivity index (χ1v) is 5.89. The number of benzene rings is 1. The number of ketones is 1. The fourth-order valence-corrected chi connectivity index (χ4v) is 1.46. The van der Waals surface area contributed by atoms with E-state index in [1.807, 2.05) is 0 Å². The molecule has 76 valence electrons. The van der Waals surface area contributed by atoms with Gasteiger partial charge in [0.1, 0.15) is 0 Å². The lowest BCUT2D eigenvalue weighted by Gasteiger charge is -2.04. The van der Waals surface area contributed by atoms with Crippen molar-refractivity contribution in [1.29, 1.82) is 0 Å². The summed E-state index contributed by atoms with van der Waals surface area (Å²) in [4.78, 5) is 11.6. The van der Waals surface area contributed by atoms with E-state index in [2.05, 4.69) is 0 Å². The number of hydrogen-bond acceptors (Lipinski definition) is 3. The Morgan fingerprint density at radius 2 is 1.93 bits per heavy atom. The first-order valence-electron chi connectivity index (χ1n) is 4.74. The van der Waals surface area contributed by atoms with Crippen molar-refractivity contribution in [3.63, 3.8) is 0 Å². The maximum atomic E-state index is 11.6. The van der Waals surface area contributed by atoms with Crippen LogP contribution in [0.15, 0.2) is 24.3 Å². The topological polar surface area (TPSA) is 69.1 Å². The van der Waals surface area contributed by atoms with Gasteiger partial charge in [0.25, 0.3) is 0 Å². The van der Waals surface area contributed by atoms with Gasteiger partial charge in [-0.1, -0.05) is 0 Å². The first-order chi connectivity index (χ1) is 6.59. The molecule has 1 atom stereocenters. The lowest BCUT2D eigenvalue weighted by atomic mass is 10.1. The Morgan fingerprint density at radius 1 is 1.36 bits per heavy atom. The molecule has 0 saturated carbocycles. The number of nitrogens with two attached hydrogens (primary N) is 2. The molecular formula is C10H16N2OSi. The number of anilines is 1. The van der Waals surface area contributed by atoms with Gasteiger partial charge < -0.3 is 11.5 Å². The van der Waals surface area contributed by atoms with Crippen LogP contribution in [0.25, 0.3) is 0 Å². The Morgan fingerprint density at radius 3 is 2.43 bits per heavy atom. The molecule has 0 aliphatic carbocycles. The maximum absolute atomic E-state index is 11.6. The van der Waals surface area contributed by atoms with Crippen LogP contribution in [0, 0.1) is 0 Å². The second-order valence-corrected chi connectivity index (χ2v) is 5.04. The smallest absolute Gasteiger partial charge is 0.162 e. The molecule has 0 aliphatic rings. The number of nitrogen functional groups attached to an aromatic ring is 1. The highest BCUT2D eigenvalue weighted by atomic mass is 28.1. The largest absolute Gasteiger partial charge is 0.399 e. The molecule has 0 amide bonds. The molecule has 4 heteroatoms. The van der Waals surface area contributed by atoms with Gasteiger partial charge in [0.15, 0.2) is 5.78 Å². The molecule has 14 heavy (non-hydrogen) atoms. The lowest BCUT2D eigenvalue weighted by molar-refractivity contribution is 0.0980. The molecule has 1 rings (SSSR count). The first kappa shape index (κ1) is 10.9. The zero-order chi connectivity index (χ0) is 10.6. The molecule has 0 saturated heterocycles. The van der Waals surface area contributed by atoms with E-state index in [1.165, 1.54) is 0 Å². The SMILES string of the molecule is Nc1ccc(C(=O)CCC(N)[SiH3])cc1. The molecule has 1 unspecified atom stereocenters. The predicted octanol–water partition coefficient (Wildman–Crippen LogP) is -0.118. The van der Waals surface area contributed by atoms with Crippen molar-refractivity contribution in [2.24, 2.45) is 5.73 Å². The third kappa shape index (κ3) is 3.31. The zero-order valence-corrected chi connectivity index (χ0v) is 10.4. The van der Waals surface area contributed by atoms with Crippen LogP contribution < -0.4 is 11.5 Å². The fourth-order valence-electron chi connectivity index (χ4n) is 1.17. The monoisotopic (exact) mass is 208 g/mol. The summed E-state index contributed by atoms with van der Waals surface area (Å²) in [7, 11) is 0.941. The number of Topliss-reactive ketones (excluding diaryl/α,β-unsaturated/α-hetero) is 1. The van der Waals surface area contributed by atoms with Crippen LogP contribution in [0.2, 0.25) is 0 Å². The third-order valence-electron chi connectivity index (χ3n) is 2.06. The van der Waals surface area contributed by atoms with Crippen molar-refractivity contribution in [3.05, 3.63) is 29.8 Å².